The molecular formula is C17H25N5O3. The largest absolute Gasteiger partial charge is 0.339 e. The van der Waals surface area contributed by atoms with Crippen molar-refractivity contribution in [2.75, 3.05) is 19.6 Å². The maximum Gasteiger partial charge on any atom is 0.325 e. The SMILES string of the molecule is Cc1cc(C)n(C2CCCN(C(=O)CN3C(=O)NC(C)(C)C3=O)C2)n1. The van der Waals surface area contributed by atoms with Gasteiger partial charge >= 0.3 is 6.03 Å². The Balaban J connectivity index is 1.67. The number of nitrogens with one attached hydrogen (secondary N) is 1. The van der Waals surface area contributed by atoms with Crippen LogP contribution in [0.25, 0.3) is 0 Å². The number of carbonyl (C=O) groups excluding carboxylic acids is 3. The molecule has 0 radical (unpaired) electrons. The van der Waals surface area contributed by atoms with E-state index in [9.17, 15) is 14.4 Å². The third-order valence-electron chi connectivity index (χ3n) is 4.88. The summed E-state index contributed by atoms with van der Waals surface area (Å²) in [5.74, 6) is -0.564. The molecule has 1 aromatic rings. The Hall–Kier alpha value is -2.38. The second-order valence-electron chi connectivity index (χ2n) is 7.45. The lowest BCUT2D eigenvalue weighted by atomic mass is 10.1. The van der Waals surface area contributed by atoms with Crippen molar-refractivity contribution in [3.05, 3.63) is 17.5 Å². The van der Waals surface area contributed by atoms with Gasteiger partial charge in [-0.25, -0.2) is 4.79 Å². The number of hydrogen-bond acceptors (Lipinski definition) is 4. The first-order valence-corrected chi connectivity index (χ1v) is 8.63. The summed E-state index contributed by atoms with van der Waals surface area (Å²) in [6.45, 7) is 8.22. The summed E-state index contributed by atoms with van der Waals surface area (Å²) < 4.78 is 1.98. The van der Waals surface area contributed by atoms with Crippen molar-refractivity contribution in [2.45, 2.75) is 52.1 Å². The molecule has 0 saturated carbocycles. The van der Waals surface area contributed by atoms with E-state index in [-0.39, 0.29) is 24.4 Å². The van der Waals surface area contributed by atoms with Crippen molar-refractivity contribution in [1.29, 1.82) is 0 Å². The molecule has 0 spiro atoms. The highest BCUT2D eigenvalue weighted by Crippen LogP contribution is 2.24. The van der Waals surface area contributed by atoms with E-state index in [1.54, 1.807) is 18.7 Å². The average molecular weight is 347 g/mol. The van der Waals surface area contributed by atoms with Crippen molar-refractivity contribution >= 4 is 17.8 Å². The fourth-order valence-electron chi connectivity index (χ4n) is 3.59. The number of nitrogens with zero attached hydrogens (tertiary/aromatic N) is 4. The molecule has 0 aliphatic carbocycles. The van der Waals surface area contributed by atoms with Gasteiger partial charge in [-0.15, -0.1) is 0 Å². The fraction of sp³-hybridized carbons (Fsp3) is 0.647. The lowest BCUT2D eigenvalue weighted by molar-refractivity contribution is -0.139. The molecule has 2 saturated heterocycles. The van der Waals surface area contributed by atoms with Gasteiger partial charge in [-0.2, -0.15) is 5.10 Å². The molecule has 25 heavy (non-hydrogen) atoms. The third-order valence-corrected chi connectivity index (χ3v) is 4.88. The summed E-state index contributed by atoms with van der Waals surface area (Å²) in [5, 5.41) is 7.12. The molecular weight excluding hydrogens is 322 g/mol. The monoisotopic (exact) mass is 347 g/mol. The van der Waals surface area contributed by atoms with E-state index in [4.69, 9.17) is 0 Å². The minimum atomic E-state index is -0.953. The Morgan fingerprint density at radius 2 is 2.08 bits per heavy atom. The van der Waals surface area contributed by atoms with Gasteiger partial charge in [-0.3, -0.25) is 19.2 Å². The molecule has 0 aromatic carbocycles. The first-order valence-electron chi connectivity index (χ1n) is 8.63. The van der Waals surface area contributed by atoms with Gasteiger partial charge in [-0.05, 0) is 46.6 Å². The zero-order valence-electron chi connectivity index (χ0n) is 15.2. The Morgan fingerprint density at radius 1 is 1.36 bits per heavy atom. The van der Waals surface area contributed by atoms with E-state index in [1.165, 1.54) is 0 Å². The molecule has 8 nitrogen and oxygen atoms in total. The van der Waals surface area contributed by atoms with Gasteiger partial charge in [0.25, 0.3) is 5.91 Å². The molecule has 1 N–H and O–H groups in total. The van der Waals surface area contributed by atoms with Gasteiger partial charge in [0.05, 0.1) is 11.7 Å². The van der Waals surface area contributed by atoms with Gasteiger partial charge in [0.1, 0.15) is 12.1 Å². The Labute approximate surface area is 147 Å². The van der Waals surface area contributed by atoms with Crippen LogP contribution in [-0.4, -0.2) is 62.6 Å². The molecule has 0 bridgehead atoms. The van der Waals surface area contributed by atoms with Crippen LogP contribution >= 0.6 is 0 Å². The summed E-state index contributed by atoms with van der Waals surface area (Å²) in [4.78, 5) is 39.6. The molecule has 2 aliphatic heterocycles. The Bertz CT molecular complexity index is 724. The van der Waals surface area contributed by atoms with Crippen LogP contribution in [0.15, 0.2) is 6.07 Å². The third kappa shape index (κ3) is 3.25. The first-order chi connectivity index (χ1) is 11.7. The van der Waals surface area contributed by atoms with Gasteiger partial charge in [0.2, 0.25) is 5.91 Å². The number of aromatic nitrogens is 2. The molecule has 4 amide bonds. The van der Waals surface area contributed by atoms with E-state index in [1.807, 2.05) is 24.6 Å². The lowest BCUT2D eigenvalue weighted by Crippen LogP contribution is -2.47. The van der Waals surface area contributed by atoms with E-state index in [2.05, 4.69) is 10.4 Å². The van der Waals surface area contributed by atoms with E-state index in [0.29, 0.717) is 13.1 Å². The van der Waals surface area contributed by atoms with Crippen LogP contribution in [0, 0.1) is 13.8 Å². The number of rotatable bonds is 3. The van der Waals surface area contributed by atoms with Crippen LogP contribution in [0.2, 0.25) is 0 Å². The van der Waals surface area contributed by atoms with E-state index >= 15 is 0 Å². The Morgan fingerprint density at radius 3 is 2.64 bits per heavy atom. The van der Waals surface area contributed by atoms with Crippen molar-refractivity contribution in [2.24, 2.45) is 0 Å². The second kappa shape index (κ2) is 6.16. The fourth-order valence-corrected chi connectivity index (χ4v) is 3.59. The maximum absolute atomic E-state index is 12.6. The molecule has 2 fully saturated rings. The molecule has 8 heteroatoms. The zero-order chi connectivity index (χ0) is 18.4. The summed E-state index contributed by atoms with van der Waals surface area (Å²) in [6, 6.07) is 1.65. The summed E-state index contributed by atoms with van der Waals surface area (Å²) in [5.41, 5.74) is 1.08. The van der Waals surface area contributed by atoms with Crippen molar-refractivity contribution < 1.29 is 14.4 Å². The highest BCUT2D eigenvalue weighted by molar-refractivity contribution is 6.08. The van der Waals surface area contributed by atoms with Crippen LogP contribution in [-0.2, 0) is 9.59 Å². The van der Waals surface area contributed by atoms with Gasteiger partial charge in [0, 0.05) is 18.8 Å². The van der Waals surface area contributed by atoms with Crippen LogP contribution in [0.4, 0.5) is 4.79 Å². The van der Waals surface area contributed by atoms with Crippen molar-refractivity contribution in [3.8, 4) is 0 Å². The average Bonchev–Trinajstić information content (AvgIpc) is 2.98. The van der Waals surface area contributed by atoms with Crippen LogP contribution < -0.4 is 5.32 Å². The molecule has 2 aliphatic rings. The normalized spacial score (nSPS) is 23.1. The van der Waals surface area contributed by atoms with Gasteiger partial charge < -0.3 is 10.2 Å². The molecule has 1 atom stereocenters. The number of likely N-dealkylation sites (tertiary alicyclic amines) is 1. The van der Waals surface area contributed by atoms with Gasteiger partial charge in [0.15, 0.2) is 0 Å². The molecule has 1 aromatic heterocycles. The molecule has 1 unspecified atom stereocenters. The second-order valence-corrected chi connectivity index (χ2v) is 7.45. The highest BCUT2D eigenvalue weighted by atomic mass is 16.2. The summed E-state index contributed by atoms with van der Waals surface area (Å²) >= 11 is 0. The number of imide groups is 1. The van der Waals surface area contributed by atoms with Crippen molar-refractivity contribution in [3.63, 3.8) is 0 Å². The van der Waals surface area contributed by atoms with Gasteiger partial charge in [-0.1, -0.05) is 0 Å². The minimum absolute atomic E-state index is 0.131. The quantitative estimate of drug-likeness (QED) is 0.826. The number of aryl methyl sites for hydroxylation is 2. The standard InChI is InChI=1S/C17H25N5O3/c1-11-8-12(2)22(19-11)13-6-5-7-20(9-13)14(23)10-21-15(24)17(3,4)18-16(21)25/h8,13H,5-7,9-10H2,1-4H3,(H,18,25). The highest BCUT2D eigenvalue weighted by Gasteiger charge is 2.45. The number of amides is 4. The van der Waals surface area contributed by atoms with E-state index in [0.717, 1.165) is 29.1 Å². The summed E-state index contributed by atoms with van der Waals surface area (Å²) in [6.07, 6.45) is 1.84. The summed E-state index contributed by atoms with van der Waals surface area (Å²) in [7, 11) is 0. The van der Waals surface area contributed by atoms with Crippen LogP contribution in [0.1, 0.15) is 44.1 Å². The zero-order valence-corrected chi connectivity index (χ0v) is 15.2. The molecule has 3 rings (SSSR count). The predicted octanol–water partition coefficient (Wildman–Crippen LogP) is 0.994. The van der Waals surface area contributed by atoms with Crippen LogP contribution in [0.5, 0.6) is 0 Å². The smallest absolute Gasteiger partial charge is 0.325 e. The number of carbonyl (C=O) groups is 3. The maximum atomic E-state index is 12.6. The first kappa shape index (κ1) is 17.4. The lowest BCUT2D eigenvalue weighted by Gasteiger charge is -2.34. The topological polar surface area (TPSA) is 87.5 Å². The number of piperidine rings is 1. The minimum Gasteiger partial charge on any atom is -0.339 e. The Kier molecular flexibility index (Phi) is 4.30. The van der Waals surface area contributed by atoms with E-state index < -0.39 is 11.6 Å². The molecule has 136 valence electrons. The van der Waals surface area contributed by atoms with Crippen LogP contribution in [0.3, 0.4) is 0 Å². The number of urea groups is 1. The molecule has 3 heterocycles. The van der Waals surface area contributed by atoms with Crippen molar-refractivity contribution in [1.82, 2.24) is 24.9 Å². The predicted molar refractivity (Wildman–Crippen MR) is 90.9 cm³/mol. The number of hydrogen-bond donors (Lipinski definition) is 1.